The fraction of sp³-hybridized carbons (Fsp3) is 0.357. The van der Waals surface area contributed by atoms with E-state index in [-0.39, 0.29) is 21.9 Å². The highest BCUT2D eigenvalue weighted by Crippen LogP contribution is 2.23. The van der Waals surface area contributed by atoms with Gasteiger partial charge in [0.15, 0.2) is 11.7 Å². The van der Waals surface area contributed by atoms with Crippen LogP contribution in [0.4, 0.5) is 4.39 Å². The number of pyridine rings is 1. The molecule has 0 saturated carbocycles. The molecule has 0 fully saturated rings. The molecule has 1 aromatic heterocycles. The average molecular weight is 300 g/mol. The molecule has 108 valence electrons. The van der Waals surface area contributed by atoms with E-state index in [2.05, 4.69) is 0 Å². The van der Waals surface area contributed by atoms with Gasteiger partial charge in [-0.15, -0.1) is 0 Å². The Morgan fingerprint density at radius 2 is 2.00 bits per heavy atom. The number of nitrogens with zero attached hydrogens (tertiary/aromatic N) is 1. The molecular weight excluding hydrogens is 285 g/mol. The minimum absolute atomic E-state index is 0.0771. The highest BCUT2D eigenvalue weighted by molar-refractivity contribution is 6.31. The molecule has 4 nitrogen and oxygen atoms in total. The summed E-state index contributed by atoms with van der Waals surface area (Å²) in [5, 5.41) is 18.5. The van der Waals surface area contributed by atoms with Gasteiger partial charge in [0.2, 0.25) is 0 Å². The van der Waals surface area contributed by atoms with Crippen LogP contribution in [0.5, 0.6) is 0 Å². The molecule has 0 radical (unpaired) electrons. The van der Waals surface area contributed by atoms with E-state index in [1.807, 2.05) is 13.8 Å². The van der Waals surface area contributed by atoms with Crippen LogP contribution in [0.15, 0.2) is 23.1 Å². The topological polar surface area (TPSA) is 62.5 Å². The van der Waals surface area contributed by atoms with Gasteiger partial charge in [0.1, 0.15) is 5.82 Å². The summed E-state index contributed by atoms with van der Waals surface area (Å²) >= 11 is 5.76. The number of benzene rings is 1. The third-order valence-corrected chi connectivity index (χ3v) is 3.28. The van der Waals surface area contributed by atoms with Gasteiger partial charge in [-0.1, -0.05) is 25.4 Å². The molecule has 2 N–H and O–H groups in total. The Bertz CT molecular complexity index is 710. The lowest BCUT2D eigenvalue weighted by atomic mass is 10.1. The molecule has 2 rings (SSSR count). The first-order valence-electron chi connectivity index (χ1n) is 6.19. The van der Waals surface area contributed by atoms with Crippen LogP contribution in [-0.4, -0.2) is 14.8 Å². The molecule has 0 bridgehead atoms. The lowest BCUT2D eigenvalue weighted by Crippen LogP contribution is -2.19. The van der Waals surface area contributed by atoms with Gasteiger partial charge in [-0.05, 0) is 18.1 Å². The molecule has 0 aliphatic carbocycles. The summed E-state index contributed by atoms with van der Waals surface area (Å²) in [4.78, 5) is 12.1. The zero-order valence-corrected chi connectivity index (χ0v) is 11.9. The first-order valence-corrected chi connectivity index (χ1v) is 6.57. The monoisotopic (exact) mass is 299 g/mol. The van der Waals surface area contributed by atoms with Crippen LogP contribution < -0.4 is 5.43 Å². The van der Waals surface area contributed by atoms with Crippen LogP contribution in [0.25, 0.3) is 10.9 Å². The predicted molar refractivity (Wildman–Crippen MR) is 75.2 cm³/mol. The van der Waals surface area contributed by atoms with Crippen molar-refractivity contribution in [3.63, 3.8) is 0 Å². The van der Waals surface area contributed by atoms with Gasteiger partial charge in [0, 0.05) is 18.1 Å². The lowest BCUT2D eigenvalue weighted by molar-refractivity contribution is -0.0435. The summed E-state index contributed by atoms with van der Waals surface area (Å²) in [6, 6.07) is 2.41. The largest absolute Gasteiger partial charge is 0.364 e. The van der Waals surface area contributed by atoms with Crippen molar-refractivity contribution < 1.29 is 14.6 Å². The van der Waals surface area contributed by atoms with Crippen molar-refractivity contribution in [3.05, 3.63) is 45.0 Å². The van der Waals surface area contributed by atoms with E-state index < -0.39 is 17.5 Å². The number of halogens is 2. The first kappa shape index (κ1) is 15.0. The van der Waals surface area contributed by atoms with Gasteiger partial charge >= 0.3 is 0 Å². The Balaban J connectivity index is 2.85. The second-order valence-electron chi connectivity index (χ2n) is 5.12. The number of aliphatic hydroxyl groups is 2. The van der Waals surface area contributed by atoms with Gasteiger partial charge < -0.3 is 14.8 Å². The highest BCUT2D eigenvalue weighted by Gasteiger charge is 2.16. The third-order valence-electron chi connectivity index (χ3n) is 2.99. The predicted octanol–water partition coefficient (Wildman–Crippen LogP) is 2.43. The lowest BCUT2D eigenvalue weighted by Gasteiger charge is -2.16. The molecule has 0 aliphatic rings. The molecule has 0 saturated heterocycles. The van der Waals surface area contributed by atoms with Crippen molar-refractivity contribution >= 4 is 22.5 Å². The van der Waals surface area contributed by atoms with Crippen molar-refractivity contribution in [1.29, 1.82) is 0 Å². The molecule has 20 heavy (non-hydrogen) atoms. The Morgan fingerprint density at radius 1 is 1.35 bits per heavy atom. The first-order chi connectivity index (χ1) is 9.31. The molecule has 1 heterocycles. The van der Waals surface area contributed by atoms with Gasteiger partial charge in [0.05, 0.1) is 16.1 Å². The van der Waals surface area contributed by atoms with Crippen LogP contribution in [0.1, 0.15) is 25.7 Å². The van der Waals surface area contributed by atoms with Crippen molar-refractivity contribution in [3.8, 4) is 0 Å². The number of fused-ring (bicyclic) bond motifs is 1. The summed E-state index contributed by atoms with van der Waals surface area (Å²) in [6.45, 7) is 4.49. The van der Waals surface area contributed by atoms with Crippen LogP contribution >= 0.6 is 11.6 Å². The second-order valence-corrected chi connectivity index (χ2v) is 5.52. The molecule has 0 aliphatic heterocycles. The number of hydrogen-bond donors (Lipinski definition) is 2. The van der Waals surface area contributed by atoms with Crippen molar-refractivity contribution in [2.75, 3.05) is 0 Å². The van der Waals surface area contributed by atoms with E-state index in [9.17, 15) is 19.4 Å². The van der Waals surface area contributed by atoms with Crippen molar-refractivity contribution in [1.82, 2.24) is 4.57 Å². The van der Waals surface area contributed by atoms with E-state index in [4.69, 9.17) is 11.6 Å². The normalized spacial score (nSPS) is 11.8. The van der Waals surface area contributed by atoms with Crippen LogP contribution in [0.3, 0.4) is 0 Å². The van der Waals surface area contributed by atoms with Crippen LogP contribution in [-0.2, 0) is 6.54 Å². The maximum absolute atomic E-state index is 13.6. The van der Waals surface area contributed by atoms with E-state index >= 15 is 0 Å². The molecule has 1 aromatic carbocycles. The molecule has 6 heteroatoms. The Hall–Kier alpha value is -1.43. The summed E-state index contributed by atoms with van der Waals surface area (Å²) in [5.41, 5.74) is -0.315. The SMILES string of the molecule is CC(C)Cn1cc(C(O)O)c(=O)c2cc(F)c(Cl)cc21. The molecule has 0 spiro atoms. The van der Waals surface area contributed by atoms with E-state index in [0.29, 0.717) is 12.1 Å². The number of aliphatic hydroxyl groups excluding tert-OH is 1. The van der Waals surface area contributed by atoms with Crippen molar-refractivity contribution in [2.45, 2.75) is 26.7 Å². The molecule has 0 unspecified atom stereocenters. The zero-order valence-electron chi connectivity index (χ0n) is 11.1. The van der Waals surface area contributed by atoms with Gasteiger partial charge in [-0.25, -0.2) is 4.39 Å². The van der Waals surface area contributed by atoms with Gasteiger partial charge in [-0.2, -0.15) is 0 Å². The van der Waals surface area contributed by atoms with Crippen LogP contribution in [0.2, 0.25) is 5.02 Å². The summed E-state index contributed by atoms with van der Waals surface area (Å²) in [6.07, 6.45) is -0.520. The molecular formula is C14H15ClFNO3. The molecule has 2 aromatic rings. The fourth-order valence-electron chi connectivity index (χ4n) is 2.14. The zero-order chi connectivity index (χ0) is 15.0. The van der Waals surface area contributed by atoms with Crippen molar-refractivity contribution in [2.24, 2.45) is 5.92 Å². The minimum atomic E-state index is -1.90. The number of hydrogen-bond acceptors (Lipinski definition) is 3. The number of aromatic nitrogens is 1. The van der Waals surface area contributed by atoms with E-state index in [1.54, 1.807) is 4.57 Å². The second kappa shape index (κ2) is 5.52. The van der Waals surface area contributed by atoms with Gasteiger partial charge in [0.25, 0.3) is 0 Å². The quantitative estimate of drug-likeness (QED) is 0.856. The average Bonchev–Trinajstić information content (AvgIpc) is 2.34. The smallest absolute Gasteiger partial charge is 0.197 e. The maximum atomic E-state index is 13.6. The summed E-state index contributed by atoms with van der Waals surface area (Å²) in [5.74, 6) is -0.454. The Labute approximate surface area is 120 Å². The Morgan fingerprint density at radius 3 is 2.55 bits per heavy atom. The van der Waals surface area contributed by atoms with Gasteiger partial charge in [-0.3, -0.25) is 4.79 Å². The summed E-state index contributed by atoms with van der Waals surface area (Å²) < 4.78 is 15.2. The van der Waals surface area contributed by atoms with E-state index in [1.165, 1.54) is 12.3 Å². The summed E-state index contributed by atoms with van der Waals surface area (Å²) in [7, 11) is 0. The Kier molecular flexibility index (Phi) is 4.13. The molecule has 0 atom stereocenters. The number of rotatable bonds is 3. The minimum Gasteiger partial charge on any atom is -0.364 e. The third kappa shape index (κ3) is 2.70. The standard InChI is InChI=1S/C14H15ClFNO3/c1-7(2)5-17-6-9(14(19)20)13(18)8-3-11(16)10(15)4-12(8)17/h3-4,6-7,14,19-20H,5H2,1-2H3. The highest BCUT2D eigenvalue weighted by atomic mass is 35.5. The van der Waals surface area contributed by atoms with E-state index in [0.717, 1.165) is 6.07 Å². The fourth-order valence-corrected chi connectivity index (χ4v) is 2.29. The molecule has 0 amide bonds. The maximum Gasteiger partial charge on any atom is 0.197 e. The van der Waals surface area contributed by atoms with Crippen LogP contribution in [0, 0.1) is 11.7 Å².